The first-order valence-corrected chi connectivity index (χ1v) is 4.79. The summed E-state index contributed by atoms with van der Waals surface area (Å²) in [7, 11) is 0. The van der Waals surface area contributed by atoms with E-state index in [0.29, 0.717) is 0 Å². The Balaban J connectivity index is 2.59. The van der Waals surface area contributed by atoms with Crippen LogP contribution in [-0.4, -0.2) is 0 Å². The normalized spacial score (nSPS) is 10.3. The summed E-state index contributed by atoms with van der Waals surface area (Å²) < 4.78 is 13.2. The fraction of sp³-hybridized carbons (Fsp3) is 0.0769. The van der Waals surface area contributed by atoms with E-state index in [9.17, 15) is 4.39 Å². The summed E-state index contributed by atoms with van der Waals surface area (Å²) in [5.74, 6) is -0.367. The molecular formula is C13H12FN. The van der Waals surface area contributed by atoms with Crippen molar-refractivity contribution >= 4 is 5.69 Å². The monoisotopic (exact) mass is 201 g/mol. The lowest BCUT2D eigenvalue weighted by Crippen LogP contribution is -1.94. The molecule has 2 rings (SSSR count). The van der Waals surface area contributed by atoms with Gasteiger partial charge in [0.15, 0.2) is 0 Å². The van der Waals surface area contributed by atoms with E-state index in [0.717, 1.165) is 16.7 Å². The highest BCUT2D eigenvalue weighted by Gasteiger charge is 2.05. The highest BCUT2D eigenvalue weighted by molar-refractivity contribution is 5.76. The number of para-hydroxylation sites is 1. The van der Waals surface area contributed by atoms with Gasteiger partial charge in [-0.25, -0.2) is 4.39 Å². The maximum absolute atomic E-state index is 13.2. The number of aryl methyl sites for hydroxylation is 1. The van der Waals surface area contributed by atoms with Gasteiger partial charge in [-0.15, -0.1) is 0 Å². The third-order valence-electron chi connectivity index (χ3n) is 2.38. The molecule has 0 bridgehead atoms. The molecule has 2 heteroatoms. The second kappa shape index (κ2) is 3.73. The molecule has 2 aromatic rings. The van der Waals surface area contributed by atoms with Crippen LogP contribution in [0.25, 0.3) is 11.1 Å². The molecule has 0 aliphatic rings. The maximum atomic E-state index is 13.2. The summed E-state index contributed by atoms with van der Waals surface area (Å²) in [6, 6.07) is 12.7. The minimum absolute atomic E-state index is 0.211. The Morgan fingerprint density at radius 3 is 2.53 bits per heavy atom. The van der Waals surface area contributed by atoms with Crippen LogP contribution in [0, 0.1) is 12.7 Å². The van der Waals surface area contributed by atoms with Crippen LogP contribution < -0.4 is 5.73 Å². The van der Waals surface area contributed by atoms with Crippen molar-refractivity contribution in [2.24, 2.45) is 0 Å². The minimum atomic E-state index is -0.367. The number of nitrogen functional groups attached to an aromatic ring is 1. The molecule has 0 atom stereocenters. The van der Waals surface area contributed by atoms with Gasteiger partial charge in [0.25, 0.3) is 0 Å². The predicted molar refractivity (Wildman–Crippen MR) is 61.0 cm³/mol. The number of halogens is 1. The molecule has 0 fully saturated rings. The molecule has 76 valence electrons. The van der Waals surface area contributed by atoms with E-state index >= 15 is 0 Å². The predicted octanol–water partition coefficient (Wildman–Crippen LogP) is 3.38. The van der Waals surface area contributed by atoms with Crippen molar-refractivity contribution in [1.82, 2.24) is 0 Å². The van der Waals surface area contributed by atoms with E-state index in [2.05, 4.69) is 0 Å². The quantitative estimate of drug-likeness (QED) is 0.703. The van der Waals surface area contributed by atoms with Gasteiger partial charge in [-0.2, -0.15) is 0 Å². The Bertz CT molecular complexity index is 492. The Morgan fingerprint density at radius 2 is 1.80 bits per heavy atom. The molecule has 0 amide bonds. The van der Waals surface area contributed by atoms with Crippen molar-refractivity contribution in [2.75, 3.05) is 5.73 Å². The summed E-state index contributed by atoms with van der Waals surface area (Å²) in [4.78, 5) is 0. The van der Waals surface area contributed by atoms with Crippen LogP contribution in [0.1, 0.15) is 5.56 Å². The van der Waals surface area contributed by atoms with E-state index < -0.39 is 0 Å². The third-order valence-corrected chi connectivity index (χ3v) is 2.38. The number of nitrogens with two attached hydrogens (primary N) is 1. The SMILES string of the molecule is Cc1cccc(-c2cccc(F)c2N)c1. The summed E-state index contributed by atoms with van der Waals surface area (Å²) >= 11 is 0. The third kappa shape index (κ3) is 1.84. The first kappa shape index (κ1) is 9.71. The van der Waals surface area contributed by atoms with Crippen LogP contribution in [0.4, 0.5) is 10.1 Å². The molecule has 0 saturated heterocycles. The first-order chi connectivity index (χ1) is 7.18. The molecule has 1 nitrogen and oxygen atoms in total. The van der Waals surface area contributed by atoms with Crippen molar-refractivity contribution in [3.63, 3.8) is 0 Å². The van der Waals surface area contributed by atoms with Gasteiger partial charge < -0.3 is 5.73 Å². The molecule has 0 aromatic heterocycles. The Kier molecular flexibility index (Phi) is 2.42. The fourth-order valence-corrected chi connectivity index (χ4v) is 1.60. The van der Waals surface area contributed by atoms with E-state index in [1.54, 1.807) is 6.07 Å². The van der Waals surface area contributed by atoms with E-state index in [1.807, 2.05) is 37.3 Å². The number of hydrogen-bond acceptors (Lipinski definition) is 1. The van der Waals surface area contributed by atoms with Crippen molar-refractivity contribution in [1.29, 1.82) is 0 Å². The fourth-order valence-electron chi connectivity index (χ4n) is 1.60. The summed E-state index contributed by atoms with van der Waals surface area (Å²) in [6.45, 7) is 2.00. The minimum Gasteiger partial charge on any atom is -0.396 e. The van der Waals surface area contributed by atoms with Gasteiger partial charge in [-0.05, 0) is 18.6 Å². The largest absolute Gasteiger partial charge is 0.396 e. The lowest BCUT2D eigenvalue weighted by molar-refractivity contribution is 0.633. The highest BCUT2D eigenvalue weighted by Crippen LogP contribution is 2.27. The van der Waals surface area contributed by atoms with Gasteiger partial charge in [-0.1, -0.05) is 42.0 Å². The van der Waals surface area contributed by atoms with Gasteiger partial charge in [0.05, 0.1) is 5.69 Å². The molecular weight excluding hydrogens is 189 g/mol. The zero-order valence-electron chi connectivity index (χ0n) is 8.50. The molecule has 2 N–H and O–H groups in total. The molecule has 0 spiro atoms. The second-order valence-corrected chi connectivity index (χ2v) is 3.57. The van der Waals surface area contributed by atoms with E-state index in [-0.39, 0.29) is 11.5 Å². The van der Waals surface area contributed by atoms with E-state index in [4.69, 9.17) is 5.73 Å². The van der Waals surface area contributed by atoms with Gasteiger partial charge in [0, 0.05) is 5.56 Å². The second-order valence-electron chi connectivity index (χ2n) is 3.57. The van der Waals surface area contributed by atoms with Crippen molar-refractivity contribution in [2.45, 2.75) is 6.92 Å². The molecule has 0 saturated carbocycles. The van der Waals surface area contributed by atoms with Crippen LogP contribution in [-0.2, 0) is 0 Å². The molecule has 2 aromatic carbocycles. The van der Waals surface area contributed by atoms with Crippen LogP contribution in [0.15, 0.2) is 42.5 Å². The van der Waals surface area contributed by atoms with Gasteiger partial charge in [0.1, 0.15) is 5.82 Å². The lowest BCUT2D eigenvalue weighted by atomic mass is 10.0. The number of benzene rings is 2. The first-order valence-electron chi connectivity index (χ1n) is 4.79. The topological polar surface area (TPSA) is 26.0 Å². The van der Waals surface area contributed by atoms with Crippen molar-refractivity contribution < 1.29 is 4.39 Å². The standard InChI is InChI=1S/C13H12FN/c1-9-4-2-5-10(8-9)11-6-3-7-12(14)13(11)15/h2-8H,15H2,1H3. The number of hydrogen-bond donors (Lipinski definition) is 1. The van der Waals surface area contributed by atoms with Gasteiger partial charge >= 0.3 is 0 Å². The Labute approximate surface area is 88.4 Å². The van der Waals surface area contributed by atoms with E-state index in [1.165, 1.54) is 6.07 Å². The molecule has 0 radical (unpaired) electrons. The molecule has 0 aliphatic carbocycles. The van der Waals surface area contributed by atoms with Crippen LogP contribution >= 0.6 is 0 Å². The Morgan fingerprint density at radius 1 is 1.07 bits per heavy atom. The zero-order chi connectivity index (χ0) is 10.8. The average molecular weight is 201 g/mol. The zero-order valence-corrected chi connectivity index (χ0v) is 8.50. The lowest BCUT2D eigenvalue weighted by Gasteiger charge is -2.07. The van der Waals surface area contributed by atoms with Crippen LogP contribution in [0.5, 0.6) is 0 Å². The summed E-state index contributed by atoms with van der Waals surface area (Å²) in [5.41, 5.74) is 8.74. The molecule has 0 unspecified atom stereocenters. The highest BCUT2D eigenvalue weighted by atomic mass is 19.1. The molecule has 0 heterocycles. The summed E-state index contributed by atoms with van der Waals surface area (Å²) in [6.07, 6.45) is 0. The smallest absolute Gasteiger partial charge is 0.146 e. The van der Waals surface area contributed by atoms with Crippen molar-refractivity contribution in [3.8, 4) is 11.1 Å². The number of anilines is 1. The van der Waals surface area contributed by atoms with Crippen LogP contribution in [0.2, 0.25) is 0 Å². The van der Waals surface area contributed by atoms with Gasteiger partial charge in [0.2, 0.25) is 0 Å². The summed E-state index contributed by atoms with van der Waals surface area (Å²) in [5, 5.41) is 0. The average Bonchev–Trinajstić information content (AvgIpc) is 2.22. The molecule has 0 aliphatic heterocycles. The Hall–Kier alpha value is -1.83. The maximum Gasteiger partial charge on any atom is 0.146 e. The van der Waals surface area contributed by atoms with Crippen LogP contribution in [0.3, 0.4) is 0 Å². The van der Waals surface area contributed by atoms with Gasteiger partial charge in [-0.3, -0.25) is 0 Å². The molecule has 15 heavy (non-hydrogen) atoms. The van der Waals surface area contributed by atoms with Crippen molar-refractivity contribution in [3.05, 3.63) is 53.8 Å². The number of rotatable bonds is 1.